The highest BCUT2D eigenvalue weighted by Gasteiger charge is 2.19. The van der Waals surface area contributed by atoms with E-state index in [1.165, 1.54) is 11.8 Å². The number of benzene rings is 1. The Morgan fingerprint density at radius 3 is 2.88 bits per heavy atom. The van der Waals surface area contributed by atoms with E-state index >= 15 is 0 Å². The van der Waals surface area contributed by atoms with E-state index in [2.05, 4.69) is 0 Å². The highest BCUT2D eigenvalue weighted by Crippen LogP contribution is 2.34. The van der Waals surface area contributed by atoms with Gasteiger partial charge in [-0.15, -0.1) is 11.8 Å². The van der Waals surface area contributed by atoms with E-state index < -0.39 is 5.97 Å². The van der Waals surface area contributed by atoms with Crippen LogP contribution in [0.15, 0.2) is 27.5 Å². The summed E-state index contributed by atoms with van der Waals surface area (Å²) in [6, 6.07) is 5.69. The van der Waals surface area contributed by atoms with Crippen LogP contribution in [0.1, 0.15) is 23.0 Å². The lowest BCUT2D eigenvalue weighted by Gasteiger charge is -1.97. The molecule has 1 aromatic carbocycles. The van der Waals surface area contributed by atoms with Crippen LogP contribution in [-0.4, -0.2) is 16.8 Å². The molecule has 0 aliphatic heterocycles. The summed E-state index contributed by atoms with van der Waals surface area (Å²) in [6.45, 7) is 3.97. The molecule has 0 atom stereocenters. The maximum atomic E-state index is 11.0. The van der Waals surface area contributed by atoms with E-state index in [1.807, 2.05) is 32.0 Å². The summed E-state index contributed by atoms with van der Waals surface area (Å²) in [5.41, 5.74) is 1.74. The summed E-state index contributed by atoms with van der Waals surface area (Å²) in [7, 11) is 0. The number of furan rings is 1. The largest absolute Gasteiger partial charge is 0.475 e. The summed E-state index contributed by atoms with van der Waals surface area (Å²) in [5.74, 6) is -0.139. The summed E-state index contributed by atoms with van der Waals surface area (Å²) >= 11 is 1.50. The van der Waals surface area contributed by atoms with Gasteiger partial charge in [0.05, 0.1) is 4.90 Å². The highest BCUT2D eigenvalue weighted by atomic mass is 32.2. The number of hydrogen-bond donors (Lipinski definition) is 1. The molecule has 0 radical (unpaired) electrons. The molecule has 3 nitrogen and oxygen atoms in total. The first-order valence-electron chi connectivity index (χ1n) is 5.02. The highest BCUT2D eigenvalue weighted by molar-refractivity contribution is 7.99. The van der Waals surface area contributed by atoms with Crippen LogP contribution in [-0.2, 0) is 0 Å². The fourth-order valence-corrected chi connectivity index (χ4v) is 2.48. The molecule has 16 heavy (non-hydrogen) atoms. The van der Waals surface area contributed by atoms with Gasteiger partial charge in [0.1, 0.15) is 5.58 Å². The first kappa shape index (κ1) is 11.1. The minimum Gasteiger partial charge on any atom is -0.475 e. The predicted molar refractivity (Wildman–Crippen MR) is 64.3 cm³/mol. The maximum absolute atomic E-state index is 11.0. The van der Waals surface area contributed by atoms with Gasteiger partial charge in [-0.05, 0) is 24.8 Å². The van der Waals surface area contributed by atoms with E-state index in [-0.39, 0.29) is 5.76 Å². The lowest BCUT2D eigenvalue weighted by Crippen LogP contribution is -1.95. The summed E-state index contributed by atoms with van der Waals surface area (Å²) in [5, 5.41) is 9.95. The van der Waals surface area contributed by atoms with Gasteiger partial charge in [0.2, 0.25) is 5.76 Å². The molecular weight excluding hydrogens is 224 g/mol. The Bertz CT molecular complexity index is 542. The molecule has 0 spiro atoms. The Balaban J connectivity index is 2.71. The molecule has 1 heterocycles. The van der Waals surface area contributed by atoms with E-state index in [4.69, 9.17) is 9.52 Å². The van der Waals surface area contributed by atoms with Gasteiger partial charge < -0.3 is 9.52 Å². The van der Waals surface area contributed by atoms with Crippen molar-refractivity contribution in [3.05, 3.63) is 29.5 Å². The topological polar surface area (TPSA) is 50.4 Å². The number of aryl methyl sites for hydroxylation is 1. The zero-order valence-corrected chi connectivity index (χ0v) is 9.93. The standard InChI is InChI=1S/C12H12O3S/c1-3-16-11-8-6-7(2)4-5-9(8)15-10(11)12(13)14/h4-6H,3H2,1-2H3,(H,13,14). The summed E-state index contributed by atoms with van der Waals surface area (Å²) in [4.78, 5) is 11.8. The van der Waals surface area contributed by atoms with Crippen LogP contribution >= 0.6 is 11.8 Å². The van der Waals surface area contributed by atoms with Crippen molar-refractivity contribution >= 4 is 28.7 Å². The first-order chi connectivity index (χ1) is 7.63. The monoisotopic (exact) mass is 236 g/mol. The van der Waals surface area contributed by atoms with Crippen molar-refractivity contribution in [3.8, 4) is 0 Å². The second kappa shape index (κ2) is 4.22. The van der Waals surface area contributed by atoms with Gasteiger partial charge in [-0.1, -0.05) is 18.6 Å². The van der Waals surface area contributed by atoms with Crippen LogP contribution in [0.4, 0.5) is 0 Å². The molecule has 1 aromatic heterocycles. The van der Waals surface area contributed by atoms with Gasteiger partial charge >= 0.3 is 5.97 Å². The molecular formula is C12H12O3S. The van der Waals surface area contributed by atoms with Crippen LogP contribution in [0.3, 0.4) is 0 Å². The number of fused-ring (bicyclic) bond motifs is 1. The third-order valence-electron chi connectivity index (χ3n) is 2.28. The number of aromatic carboxylic acids is 1. The normalized spacial score (nSPS) is 10.9. The maximum Gasteiger partial charge on any atom is 0.373 e. The third-order valence-corrected chi connectivity index (χ3v) is 3.26. The number of thioether (sulfide) groups is 1. The van der Waals surface area contributed by atoms with E-state index in [0.29, 0.717) is 5.58 Å². The average molecular weight is 236 g/mol. The van der Waals surface area contributed by atoms with Crippen LogP contribution in [0.25, 0.3) is 11.0 Å². The fourth-order valence-electron chi connectivity index (χ4n) is 1.62. The Labute approximate surface area is 97.4 Å². The van der Waals surface area contributed by atoms with E-state index in [0.717, 1.165) is 21.6 Å². The molecule has 0 aliphatic rings. The molecule has 2 aromatic rings. The molecule has 0 saturated carbocycles. The van der Waals surface area contributed by atoms with Crippen molar-refractivity contribution in [1.82, 2.24) is 0 Å². The van der Waals surface area contributed by atoms with Crippen molar-refractivity contribution in [2.24, 2.45) is 0 Å². The third kappa shape index (κ3) is 1.80. The Morgan fingerprint density at radius 1 is 1.50 bits per heavy atom. The Hall–Kier alpha value is -1.42. The molecule has 2 rings (SSSR count). The van der Waals surface area contributed by atoms with Crippen LogP contribution in [0.5, 0.6) is 0 Å². The number of carboxylic acids is 1. The van der Waals surface area contributed by atoms with Gasteiger partial charge in [-0.2, -0.15) is 0 Å². The Kier molecular flexibility index (Phi) is 2.92. The van der Waals surface area contributed by atoms with Gasteiger partial charge in [0.25, 0.3) is 0 Å². The second-order valence-electron chi connectivity index (χ2n) is 3.50. The second-order valence-corrected chi connectivity index (χ2v) is 4.77. The smallest absolute Gasteiger partial charge is 0.373 e. The minimum absolute atomic E-state index is 0.0486. The summed E-state index contributed by atoms with van der Waals surface area (Å²) in [6.07, 6.45) is 0. The number of carboxylic acid groups (broad SMARTS) is 1. The number of carbonyl (C=O) groups is 1. The van der Waals surface area contributed by atoms with Gasteiger partial charge in [0, 0.05) is 5.39 Å². The van der Waals surface area contributed by atoms with Crippen molar-refractivity contribution in [2.75, 3.05) is 5.75 Å². The van der Waals surface area contributed by atoms with Crippen LogP contribution < -0.4 is 0 Å². The first-order valence-corrected chi connectivity index (χ1v) is 6.01. The van der Waals surface area contributed by atoms with Crippen molar-refractivity contribution in [2.45, 2.75) is 18.7 Å². The number of hydrogen-bond acceptors (Lipinski definition) is 3. The van der Waals surface area contributed by atoms with Crippen molar-refractivity contribution < 1.29 is 14.3 Å². The molecule has 4 heteroatoms. The molecule has 0 unspecified atom stereocenters. The average Bonchev–Trinajstić information content (AvgIpc) is 2.58. The lowest BCUT2D eigenvalue weighted by atomic mass is 10.2. The molecule has 0 saturated heterocycles. The van der Waals surface area contributed by atoms with E-state index in [9.17, 15) is 4.79 Å². The fraction of sp³-hybridized carbons (Fsp3) is 0.250. The SMILES string of the molecule is CCSc1c(C(=O)O)oc2ccc(C)cc12. The zero-order valence-electron chi connectivity index (χ0n) is 9.11. The van der Waals surface area contributed by atoms with Crippen LogP contribution in [0.2, 0.25) is 0 Å². The molecule has 0 bridgehead atoms. The molecule has 84 valence electrons. The molecule has 0 amide bonds. The van der Waals surface area contributed by atoms with Crippen LogP contribution in [0, 0.1) is 6.92 Å². The van der Waals surface area contributed by atoms with Crippen molar-refractivity contribution in [3.63, 3.8) is 0 Å². The molecule has 0 fully saturated rings. The number of rotatable bonds is 3. The predicted octanol–water partition coefficient (Wildman–Crippen LogP) is 3.55. The molecule has 0 aliphatic carbocycles. The minimum atomic E-state index is -1.01. The zero-order chi connectivity index (χ0) is 11.7. The Morgan fingerprint density at radius 2 is 2.25 bits per heavy atom. The quantitative estimate of drug-likeness (QED) is 0.828. The van der Waals surface area contributed by atoms with E-state index in [1.54, 1.807) is 0 Å². The van der Waals surface area contributed by atoms with Gasteiger partial charge in [-0.25, -0.2) is 4.79 Å². The lowest BCUT2D eigenvalue weighted by molar-refractivity contribution is 0.0660. The summed E-state index contributed by atoms with van der Waals surface area (Å²) < 4.78 is 5.35. The molecule has 1 N–H and O–H groups in total. The van der Waals surface area contributed by atoms with Gasteiger partial charge in [0.15, 0.2) is 0 Å². The van der Waals surface area contributed by atoms with Gasteiger partial charge in [-0.3, -0.25) is 0 Å². The van der Waals surface area contributed by atoms with Crippen molar-refractivity contribution in [1.29, 1.82) is 0 Å².